The van der Waals surface area contributed by atoms with E-state index in [-0.39, 0.29) is 17.0 Å². The SMILES string of the molecule is CCn1cc(C(F)(F)F)nc1-c1ccc(CNc2nc(Cl)nc(OC)c2C=N)cc1. The van der Waals surface area contributed by atoms with E-state index in [0.29, 0.717) is 30.0 Å². The van der Waals surface area contributed by atoms with Gasteiger partial charge in [0.1, 0.15) is 11.6 Å². The third-order valence-corrected chi connectivity index (χ3v) is 4.47. The third-order valence-electron chi connectivity index (χ3n) is 4.30. The van der Waals surface area contributed by atoms with Gasteiger partial charge >= 0.3 is 6.18 Å². The Bertz CT molecular complexity index is 1050. The Labute approximate surface area is 175 Å². The van der Waals surface area contributed by atoms with Crippen LogP contribution in [0.25, 0.3) is 11.4 Å². The Morgan fingerprint density at radius 1 is 1.20 bits per heavy atom. The van der Waals surface area contributed by atoms with Crippen molar-refractivity contribution < 1.29 is 17.9 Å². The van der Waals surface area contributed by atoms with Gasteiger partial charge in [-0.15, -0.1) is 0 Å². The summed E-state index contributed by atoms with van der Waals surface area (Å²) in [5.41, 5.74) is 0.846. The van der Waals surface area contributed by atoms with Gasteiger partial charge in [-0.1, -0.05) is 24.3 Å². The van der Waals surface area contributed by atoms with Gasteiger partial charge in [-0.3, -0.25) is 0 Å². The molecule has 2 heterocycles. The average molecular weight is 439 g/mol. The van der Waals surface area contributed by atoms with Crippen LogP contribution in [0.5, 0.6) is 5.88 Å². The minimum Gasteiger partial charge on any atom is -0.480 e. The van der Waals surface area contributed by atoms with Crippen LogP contribution in [0.15, 0.2) is 30.5 Å². The summed E-state index contributed by atoms with van der Waals surface area (Å²) in [6.45, 7) is 2.46. The molecule has 0 fully saturated rings. The first-order chi connectivity index (χ1) is 14.3. The normalized spacial score (nSPS) is 11.4. The van der Waals surface area contributed by atoms with Gasteiger partial charge in [0, 0.05) is 31.1 Å². The van der Waals surface area contributed by atoms with Crippen LogP contribution in [0.3, 0.4) is 0 Å². The number of anilines is 1. The van der Waals surface area contributed by atoms with E-state index in [0.717, 1.165) is 18.0 Å². The minimum atomic E-state index is -4.49. The van der Waals surface area contributed by atoms with Gasteiger partial charge in [0.05, 0.1) is 12.7 Å². The molecule has 0 aliphatic carbocycles. The number of aryl methyl sites for hydroxylation is 1. The summed E-state index contributed by atoms with van der Waals surface area (Å²) in [5, 5.41) is 10.6. The van der Waals surface area contributed by atoms with E-state index in [1.807, 2.05) is 0 Å². The molecule has 7 nitrogen and oxygen atoms in total. The molecular weight excluding hydrogens is 421 g/mol. The topological polar surface area (TPSA) is 88.7 Å². The van der Waals surface area contributed by atoms with Crippen molar-refractivity contribution in [2.24, 2.45) is 0 Å². The maximum absolute atomic E-state index is 13.0. The van der Waals surface area contributed by atoms with Crippen molar-refractivity contribution in [3.05, 3.63) is 52.6 Å². The minimum absolute atomic E-state index is 0.0258. The number of nitrogens with zero attached hydrogens (tertiary/aromatic N) is 4. The zero-order valence-electron chi connectivity index (χ0n) is 16.1. The molecule has 11 heteroatoms. The van der Waals surface area contributed by atoms with Crippen LogP contribution in [-0.2, 0) is 19.3 Å². The molecule has 0 radical (unpaired) electrons. The van der Waals surface area contributed by atoms with Gasteiger partial charge in [0.15, 0.2) is 5.69 Å². The molecule has 0 aliphatic rings. The fourth-order valence-electron chi connectivity index (χ4n) is 2.82. The van der Waals surface area contributed by atoms with Crippen LogP contribution >= 0.6 is 11.6 Å². The highest BCUT2D eigenvalue weighted by atomic mass is 35.5. The van der Waals surface area contributed by atoms with Crippen molar-refractivity contribution in [1.29, 1.82) is 5.41 Å². The molecule has 0 unspecified atom stereocenters. The van der Waals surface area contributed by atoms with E-state index in [2.05, 4.69) is 20.3 Å². The first-order valence-corrected chi connectivity index (χ1v) is 9.24. The van der Waals surface area contributed by atoms with Gasteiger partial charge in [0.2, 0.25) is 11.2 Å². The Kier molecular flexibility index (Phi) is 6.25. The Morgan fingerprint density at radius 3 is 2.47 bits per heavy atom. The molecule has 2 aromatic heterocycles. The molecular formula is C19H18ClF3N6O. The summed E-state index contributed by atoms with van der Waals surface area (Å²) < 4.78 is 45.5. The lowest BCUT2D eigenvalue weighted by Crippen LogP contribution is -2.07. The van der Waals surface area contributed by atoms with Crippen molar-refractivity contribution in [3.8, 4) is 17.3 Å². The second-order valence-corrected chi connectivity index (χ2v) is 6.53. The van der Waals surface area contributed by atoms with Crippen LogP contribution in [-0.4, -0.2) is 32.8 Å². The summed E-state index contributed by atoms with van der Waals surface area (Å²) in [7, 11) is 1.42. The number of ether oxygens (including phenoxy) is 1. The zero-order chi connectivity index (χ0) is 21.9. The van der Waals surface area contributed by atoms with E-state index in [1.54, 1.807) is 31.2 Å². The molecule has 0 atom stereocenters. The van der Waals surface area contributed by atoms with Crippen molar-refractivity contribution in [2.75, 3.05) is 12.4 Å². The number of hydrogen-bond acceptors (Lipinski definition) is 6. The largest absolute Gasteiger partial charge is 0.480 e. The second kappa shape index (κ2) is 8.70. The first-order valence-electron chi connectivity index (χ1n) is 8.86. The van der Waals surface area contributed by atoms with E-state index < -0.39 is 11.9 Å². The number of methoxy groups -OCH3 is 1. The quantitative estimate of drug-likeness (QED) is 0.414. The fraction of sp³-hybridized carbons (Fsp3) is 0.263. The summed E-state index contributed by atoms with van der Waals surface area (Å²) >= 11 is 5.88. The predicted octanol–water partition coefficient (Wildman–Crippen LogP) is 4.65. The van der Waals surface area contributed by atoms with Crippen molar-refractivity contribution in [1.82, 2.24) is 19.5 Å². The highest BCUT2D eigenvalue weighted by Crippen LogP contribution is 2.31. The molecule has 3 aromatic rings. The van der Waals surface area contributed by atoms with E-state index in [1.165, 1.54) is 11.7 Å². The molecule has 1 aromatic carbocycles. The number of aromatic nitrogens is 4. The van der Waals surface area contributed by atoms with Crippen LogP contribution in [0.2, 0.25) is 5.28 Å². The molecule has 0 amide bonds. The fourth-order valence-corrected chi connectivity index (χ4v) is 2.99. The molecule has 0 bridgehead atoms. The predicted molar refractivity (Wildman–Crippen MR) is 107 cm³/mol. The smallest absolute Gasteiger partial charge is 0.434 e. The third kappa shape index (κ3) is 4.54. The average Bonchev–Trinajstić information content (AvgIpc) is 3.17. The number of halogens is 4. The highest BCUT2D eigenvalue weighted by molar-refractivity contribution is 6.28. The van der Waals surface area contributed by atoms with Crippen LogP contribution in [0, 0.1) is 5.41 Å². The molecule has 2 N–H and O–H groups in total. The second-order valence-electron chi connectivity index (χ2n) is 6.19. The number of hydrogen-bond donors (Lipinski definition) is 2. The van der Waals surface area contributed by atoms with E-state index in [9.17, 15) is 13.2 Å². The number of alkyl halides is 3. The number of imidazole rings is 1. The maximum Gasteiger partial charge on any atom is 0.434 e. The Balaban J connectivity index is 1.81. The van der Waals surface area contributed by atoms with Gasteiger partial charge in [-0.25, -0.2) is 4.98 Å². The first kappa shape index (κ1) is 21.6. The highest BCUT2D eigenvalue weighted by Gasteiger charge is 2.34. The van der Waals surface area contributed by atoms with Crippen LogP contribution < -0.4 is 10.1 Å². The van der Waals surface area contributed by atoms with Gasteiger partial charge in [-0.2, -0.15) is 23.1 Å². The molecule has 0 saturated heterocycles. The lowest BCUT2D eigenvalue weighted by Gasteiger charge is -2.12. The summed E-state index contributed by atoms with van der Waals surface area (Å²) in [4.78, 5) is 11.7. The van der Waals surface area contributed by atoms with Crippen molar-refractivity contribution in [3.63, 3.8) is 0 Å². The Hall–Kier alpha value is -3.14. The maximum atomic E-state index is 13.0. The Morgan fingerprint density at radius 2 is 1.90 bits per heavy atom. The monoisotopic (exact) mass is 438 g/mol. The van der Waals surface area contributed by atoms with E-state index >= 15 is 0 Å². The van der Waals surface area contributed by atoms with Gasteiger partial charge in [0.25, 0.3) is 0 Å². The van der Waals surface area contributed by atoms with Crippen LogP contribution in [0.4, 0.5) is 19.0 Å². The number of benzene rings is 1. The van der Waals surface area contributed by atoms with Crippen LogP contribution in [0.1, 0.15) is 23.7 Å². The molecule has 0 spiro atoms. The van der Waals surface area contributed by atoms with E-state index in [4.69, 9.17) is 21.7 Å². The lowest BCUT2D eigenvalue weighted by molar-refractivity contribution is -0.140. The van der Waals surface area contributed by atoms with Crippen molar-refractivity contribution in [2.45, 2.75) is 26.2 Å². The summed E-state index contributed by atoms with van der Waals surface area (Å²) in [6.07, 6.45) is -2.43. The zero-order valence-corrected chi connectivity index (χ0v) is 16.8. The van der Waals surface area contributed by atoms with Crippen molar-refractivity contribution >= 4 is 23.6 Å². The summed E-state index contributed by atoms with van der Waals surface area (Å²) in [5.74, 6) is 0.764. The standard InChI is InChI=1S/C19H18ClF3N6O/c1-3-29-10-14(19(21,22)23)26-16(29)12-6-4-11(5-7-12)9-25-15-13(8-24)17(30-2)28-18(20)27-15/h4-8,10,24H,3,9H2,1-2H3,(H,25,27,28). The number of nitrogens with one attached hydrogen (secondary N) is 2. The van der Waals surface area contributed by atoms with Gasteiger partial charge < -0.3 is 20.0 Å². The molecule has 3 rings (SSSR count). The number of rotatable bonds is 7. The molecule has 158 valence electrons. The lowest BCUT2D eigenvalue weighted by atomic mass is 10.1. The van der Waals surface area contributed by atoms with Gasteiger partial charge in [-0.05, 0) is 24.1 Å². The summed E-state index contributed by atoms with van der Waals surface area (Å²) in [6, 6.07) is 6.95. The molecule has 0 saturated carbocycles. The molecule has 0 aliphatic heterocycles. The molecule has 30 heavy (non-hydrogen) atoms.